The van der Waals surface area contributed by atoms with Gasteiger partial charge >= 0.3 is 12.1 Å². The SMILES string of the molecule is CCOC(=O)C(C(=O)c1ccccc1)C1C=Cc2cc([N+](=O)[O-])ccc2N1C(=O)OCC. The molecule has 3 rings (SSSR count). The monoisotopic (exact) mass is 438 g/mol. The molecule has 9 heteroatoms. The van der Waals surface area contributed by atoms with E-state index >= 15 is 0 Å². The molecule has 0 saturated carbocycles. The van der Waals surface area contributed by atoms with Crippen LogP contribution in [0.4, 0.5) is 16.2 Å². The highest BCUT2D eigenvalue weighted by Gasteiger charge is 2.43. The van der Waals surface area contributed by atoms with Crippen molar-refractivity contribution in [3.63, 3.8) is 0 Å². The number of carbonyl (C=O) groups is 3. The molecule has 0 spiro atoms. The van der Waals surface area contributed by atoms with Gasteiger partial charge in [-0.15, -0.1) is 0 Å². The van der Waals surface area contributed by atoms with Crippen molar-refractivity contribution in [2.75, 3.05) is 18.1 Å². The number of esters is 1. The summed E-state index contributed by atoms with van der Waals surface area (Å²) in [6.45, 7) is 3.36. The summed E-state index contributed by atoms with van der Waals surface area (Å²) in [5, 5.41) is 11.2. The molecule has 0 radical (unpaired) electrons. The van der Waals surface area contributed by atoms with E-state index in [0.717, 1.165) is 0 Å². The molecule has 2 aromatic rings. The molecular formula is C23H22N2O7. The zero-order valence-electron chi connectivity index (χ0n) is 17.6. The first-order valence-electron chi connectivity index (χ1n) is 10.1. The summed E-state index contributed by atoms with van der Waals surface area (Å²) in [5.41, 5.74) is 0.810. The molecule has 2 atom stereocenters. The highest BCUT2D eigenvalue weighted by Crippen LogP contribution is 2.36. The topological polar surface area (TPSA) is 116 Å². The van der Waals surface area contributed by atoms with Crippen molar-refractivity contribution in [2.24, 2.45) is 5.92 Å². The van der Waals surface area contributed by atoms with Gasteiger partial charge in [-0.3, -0.25) is 24.6 Å². The van der Waals surface area contributed by atoms with Crippen LogP contribution in [0.3, 0.4) is 0 Å². The lowest BCUT2D eigenvalue weighted by molar-refractivity contribution is -0.384. The van der Waals surface area contributed by atoms with E-state index in [2.05, 4.69) is 0 Å². The number of nitro groups is 1. The number of anilines is 1. The van der Waals surface area contributed by atoms with Crippen LogP contribution in [0.25, 0.3) is 6.08 Å². The van der Waals surface area contributed by atoms with Gasteiger partial charge in [0.1, 0.15) is 5.92 Å². The first-order valence-corrected chi connectivity index (χ1v) is 10.1. The van der Waals surface area contributed by atoms with Gasteiger partial charge < -0.3 is 9.47 Å². The van der Waals surface area contributed by atoms with Crippen molar-refractivity contribution >= 4 is 35.3 Å². The van der Waals surface area contributed by atoms with Gasteiger partial charge in [0.25, 0.3) is 5.69 Å². The predicted octanol–water partition coefficient (Wildman–Crippen LogP) is 4.02. The number of hydrogen-bond acceptors (Lipinski definition) is 7. The summed E-state index contributed by atoms with van der Waals surface area (Å²) in [6, 6.07) is 11.1. The van der Waals surface area contributed by atoms with Crippen LogP contribution in [0.5, 0.6) is 0 Å². The number of rotatable bonds is 7. The quantitative estimate of drug-likeness (QED) is 0.211. The van der Waals surface area contributed by atoms with Crippen LogP contribution in [-0.2, 0) is 14.3 Å². The smallest absolute Gasteiger partial charge is 0.414 e. The molecule has 1 amide bonds. The highest BCUT2D eigenvalue weighted by atomic mass is 16.6. The van der Waals surface area contributed by atoms with Gasteiger partial charge in [0, 0.05) is 23.3 Å². The molecule has 166 valence electrons. The van der Waals surface area contributed by atoms with Crippen LogP contribution < -0.4 is 4.90 Å². The van der Waals surface area contributed by atoms with Crippen molar-refractivity contribution in [1.29, 1.82) is 0 Å². The van der Waals surface area contributed by atoms with E-state index in [0.29, 0.717) is 5.56 Å². The van der Waals surface area contributed by atoms with E-state index < -0.39 is 34.7 Å². The van der Waals surface area contributed by atoms with Crippen molar-refractivity contribution in [2.45, 2.75) is 19.9 Å². The molecule has 1 aliphatic heterocycles. The fourth-order valence-corrected chi connectivity index (χ4v) is 3.55. The number of benzene rings is 2. The van der Waals surface area contributed by atoms with Crippen LogP contribution in [0.1, 0.15) is 29.8 Å². The summed E-state index contributed by atoms with van der Waals surface area (Å²) in [7, 11) is 0. The molecule has 0 fully saturated rings. The maximum atomic E-state index is 13.3. The fraction of sp³-hybridized carbons (Fsp3) is 0.261. The molecule has 9 nitrogen and oxygen atoms in total. The summed E-state index contributed by atoms with van der Waals surface area (Å²) >= 11 is 0. The van der Waals surface area contributed by atoms with Gasteiger partial charge in [-0.25, -0.2) is 4.79 Å². The van der Waals surface area contributed by atoms with Crippen LogP contribution in [-0.4, -0.2) is 42.0 Å². The van der Waals surface area contributed by atoms with Crippen molar-refractivity contribution in [3.05, 3.63) is 75.8 Å². The number of carbonyl (C=O) groups excluding carboxylic acids is 3. The van der Waals surface area contributed by atoms with E-state index in [9.17, 15) is 24.5 Å². The lowest BCUT2D eigenvalue weighted by atomic mass is 9.86. The number of nitro benzene ring substituents is 1. The van der Waals surface area contributed by atoms with Crippen LogP contribution in [0, 0.1) is 16.0 Å². The molecule has 0 bridgehead atoms. The Kier molecular flexibility index (Phi) is 6.99. The minimum absolute atomic E-state index is 0.0516. The third-order valence-corrected chi connectivity index (χ3v) is 4.94. The molecular weight excluding hydrogens is 416 g/mol. The third-order valence-electron chi connectivity index (χ3n) is 4.94. The molecule has 0 N–H and O–H groups in total. The van der Waals surface area contributed by atoms with Crippen LogP contribution in [0.2, 0.25) is 0 Å². The van der Waals surface area contributed by atoms with Crippen molar-refractivity contribution in [3.8, 4) is 0 Å². The summed E-state index contributed by atoms with van der Waals surface area (Å²) in [4.78, 5) is 50.9. The van der Waals surface area contributed by atoms with E-state index in [1.165, 1.54) is 29.2 Å². The molecule has 2 aromatic carbocycles. The fourth-order valence-electron chi connectivity index (χ4n) is 3.55. The number of fused-ring (bicyclic) bond motifs is 1. The number of Topliss-reactive ketones (excluding diaryl/α,β-unsaturated/α-hetero) is 1. The molecule has 32 heavy (non-hydrogen) atoms. The maximum absolute atomic E-state index is 13.3. The van der Waals surface area contributed by atoms with Gasteiger partial charge in [0.15, 0.2) is 5.78 Å². The molecule has 1 aliphatic rings. The van der Waals surface area contributed by atoms with E-state index in [1.807, 2.05) is 0 Å². The molecule has 0 aliphatic carbocycles. The third kappa shape index (κ3) is 4.51. The van der Waals surface area contributed by atoms with E-state index in [1.54, 1.807) is 50.3 Å². The minimum atomic E-state index is -1.36. The highest BCUT2D eigenvalue weighted by molar-refractivity contribution is 6.11. The average molecular weight is 438 g/mol. The standard InChI is InChI=1S/C23H22N2O7/c1-3-31-22(27)20(21(26)15-8-6-5-7-9-15)19-12-10-16-14-17(25(29)30)11-13-18(16)24(19)23(28)32-4-2/h5-14,19-20H,3-4H2,1-2H3. The lowest BCUT2D eigenvalue weighted by Gasteiger charge is -2.36. The predicted molar refractivity (Wildman–Crippen MR) is 116 cm³/mol. The Morgan fingerprint density at radius 1 is 1.06 bits per heavy atom. The van der Waals surface area contributed by atoms with E-state index in [-0.39, 0.29) is 30.2 Å². The second-order valence-electron chi connectivity index (χ2n) is 6.88. The Bertz CT molecular complexity index is 1070. The zero-order chi connectivity index (χ0) is 23.3. The van der Waals surface area contributed by atoms with Gasteiger partial charge in [-0.05, 0) is 19.9 Å². The number of ketones is 1. The molecule has 1 heterocycles. The first kappa shape index (κ1) is 22.7. The Morgan fingerprint density at radius 2 is 1.75 bits per heavy atom. The lowest BCUT2D eigenvalue weighted by Crippen LogP contribution is -2.50. The van der Waals surface area contributed by atoms with Gasteiger partial charge in [-0.2, -0.15) is 0 Å². The second-order valence-corrected chi connectivity index (χ2v) is 6.88. The van der Waals surface area contributed by atoms with Gasteiger partial charge in [-0.1, -0.05) is 42.5 Å². The largest absolute Gasteiger partial charge is 0.465 e. The van der Waals surface area contributed by atoms with Gasteiger partial charge in [0.2, 0.25) is 0 Å². The number of non-ortho nitro benzene ring substituents is 1. The molecule has 0 saturated heterocycles. The Hall–Kier alpha value is -4.01. The van der Waals surface area contributed by atoms with Gasteiger partial charge in [0.05, 0.1) is 29.9 Å². The van der Waals surface area contributed by atoms with Crippen molar-refractivity contribution < 1.29 is 28.8 Å². The zero-order valence-corrected chi connectivity index (χ0v) is 17.6. The maximum Gasteiger partial charge on any atom is 0.414 e. The Labute approximate surface area is 184 Å². The number of hydrogen-bond donors (Lipinski definition) is 0. The number of nitrogens with zero attached hydrogens (tertiary/aromatic N) is 2. The van der Waals surface area contributed by atoms with Crippen LogP contribution in [0.15, 0.2) is 54.6 Å². The Balaban J connectivity index is 2.12. The summed E-state index contributed by atoms with van der Waals surface area (Å²) in [6.07, 6.45) is 2.26. The molecule has 2 unspecified atom stereocenters. The van der Waals surface area contributed by atoms with Crippen LogP contribution >= 0.6 is 0 Å². The number of ether oxygens (including phenoxy) is 2. The first-order chi connectivity index (χ1) is 15.4. The van der Waals surface area contributed by atoms with Crippen molar-refractivity contribution in [1.82, 2.24) is 0 Å². The number of amides is 1. The molecule has 0 aromatic heterocycles. The van der Waals surface area contributed by atoms with E-state index in [4.69, 9.17) is 9.47 Å². The average Bonchev–Trinajstić information content (AvgIpc) is 2.79. The minimum Gasteiger partial charge on any atom is -0.465 e. The second kappa shape index (κ2) is 9.86. The Morgan fingerprint density at radius 3 is 2.38 bits per heavy atom. The summed E-state index contributed by atoms with van der Waals surface area (Å²) in [5.74, 6) is -2.66. The summed E-state index contributed by atoms with van der Waals surface area (Å²) < 4.78 is 10.3. The normalized spacial score (nSPS) is 15.4.